The monoisotopic (exact) mass is 376 g/mol. The molecule has 0 radical (unpaired) electrons. The molecule has 0 atom stereocenters. The number of carbonyl (C=O) groups excluding carboxylic acids is 2. The van der Waals surface area contributed by atoms with Gasteiger partial charge in [0.05, 0.1) is 0 Å². The molecule has 1 N–H and O–H groups in total. The summed E-state index contributed by atoms with van der Waals surface area (Å²) < 4.78 is 5.70. The molecule has 1 aliphatic rings. The molecule has 1 fully saturated rings. The average molecular weight is 376 g/mol. The molecular weight excluding hydrogens is 352 g/mol. The highest BCUT2D eigenvalue weighted by Crippen LogP contribution is 2.23. The van der Waals surface area contributed by atoms with E-state index in [-0.39, 0.29) is 11.8 Å². The smallest absolute Gasteiger partial charge is 0.289 e. The lowest BCUT2D eigenvalue weighted by molar-refractivity contribution is 0.0655. The number of aryl methyl sites for hydroxylation is 1. The van der Waals surface area contributed by atoms with Crippen molar-refractivity contribution >= 4 is 22.8 Å². The van der Waals surface area contributed by atoms with Gasteiger partial charge in [0.25, 0.3) is 11.8 Å². The fourth-order valence-electron chi connectivity index (χ4n) is 3.74. The van der Waals surface area contributed by atoms with E-state index >= 15 is 0 Å². The summed E-state index contributed by atoms with van der Waals surface area (Å²) in [5.74, 6) is 0.692. The molecule has 2 aromatic carbocycles. The molecule has 0 aliphatic carbocycles. The van der Waals surface area contributed by atoms with E-state index in [0.29, 0.717) is 31.3 Å². The number of benzene rings is 2. The van der Waals surface area contributed by atoms with Gasteiger partial charge >= 0.3 is 0 Å². The van der Waals surface area contributed by atoms with Gasteiger partial charge in [-0.1, -0.05) is 36.4 Å². The third-order valence-electron chi connectivity index (χ3n) is 5.48. The molecule has 4 rings (SSSR count). The van der Waals surface area contributed by atoms with E-state index in [0.717, 1.165) is 34.9 Å². The van der Waals surface area contributed by atoms with E-state index in [4.69, 9.17) is 4.42 Å². The lowest BCUT2D eigenvalue weighted by Crippen LogP contribution is -2.41. The van der Waals surface area contributed by atoms with Crippen LogP contribution in [-0.2, 0) is 0 Å². The topological polar surface area (TPSA) is 62.6 Å². The Morgan fingerprint density at radius 1 is 1.07 bits per heavy atom. The summed E-state index contributed by atoms with van der Waals surface area (Å²) in [5, 5.41) is 3.99. The molecule has 5 heteroatoms. The summed E-state index contributed by atoms with van der Waals surface area (Å²) in [7, 11) is 0. The summed E-state index contributed by atoms with van der Waals surface area (Å²) in [4.78, 5) is 26.9. The van der Waals surface area contributed by atoms with Crippen LogP contribution in [0.3, 0.4) is 0 Å². The second-order valence-corrected chi connectivity index (χ2v) is 7.41. The quantitative estimate of drug-likeness (QED) is 0.748. The number of hydrogen-bond donors (Lipinski definition) is 1. The predicted octanol–water partition coefficient (Wildman–Crippen LogP) is 4.02. The summed E-state index contributed by atoms with van der Waals surface area (Å²) in [5.41, 5.74) is 2.44. The number of rotatable bonds is 4. The van der Waals surface area contributed by atoms with Crippen LogP contribution in [0.5, 0.6) is 0 Å². The zero-order valence-electron chi connectivity index (χ0n) is 16.0. The number of fused-ring (bicyclic) bond motifs is 1. The van der Waals surface area contributed by atoms with Crippen molar-refractivity contribution in [2.75, 3.05) is 19.6 Å². The van der Waals surface area contributed by atoms with Gasteiger partial charge in [0.1, 0.15) is 5.58 Å². The fourth-order valence-corrected chi connectivity index (χ4v) is 3.74. The molecule has 0 spiro atoms. The number of para-hydroxylation sites is 1. The van der Waals surface area contributed by atoms with E-state index in [1.165, 1.54) is 0 Å². The number of amides is 2. The van der Waals surface area contributed by atoms with Crippen LogP contribution in [0.2, 0.25) is 0 Å². The Morgan fingerprint density at radius 3 is 2.54 bits per heavy atom. The molecule has 0 unspecified atom stereocenters. The van der Waals surface area contributed by atoms with Crippen molar-refractivity contribution in [3.63, 3.8) is 0 Å². The molecular formula is C23H24N2O3. The van der Waals surface area contributed by atoms with Gasteiger partial charge in [-0.25, -0.2) is 0 Å². The summed E-state index contributed by atoms with van der Waals surface area (Å²) in [6, 6.07) is 17.1. The zero-order chi connectivity index (χ0) is 19.5. The van der Waals surface area contributed by atoms with E-state index in [9.17, 15) is 9.59 Å². The molecule has 3 aromatic rings. The lowest BCUT2D eigenvalue weighted by atomic mass is 9.96. The van der Waals surface area contributed by atoms with Gasteiger partial charge in [0.15, 0.2) is 5.76 Å². The van der Waals surface area contributed by atoms with Gasteiger partial charge in [0, 0.05) is 30.6 Å². The highest BCUT2D eigenvalue weighted by Gasteiger charge is 2.26. The first-order valence-electron chi connectivity index (χ1n) is 9.73. The average Bonchev–Trinajstić information content (AvgIpc) is 3.16. The van der Waals surface area contributed by atoms with Gasteiger partial charge < -0.3 is 14.6 Å². The minimum Gasteiger partial charge on any atom is -0.451 e. The Kier molecular flexibility index (Phi) is 5.15. The normalized spacial score (nSPS) is 15.0. The largest absolute Gasteiger partial charge is 0.451 e. The Morgan fingerprint density at radius 2 is 1.79 bits per heavy atom. The van der Waals surface area contributed by atoms with Gasteiger partial charge in [0.2, 0.25) is 0 Å². The molecule has 1 saturated heterocycles. The molecule has 1 aliphatic heterocycles. The first kappa shape index (κ1) is 18.3. The second kappa shape index (κ2) is 7.89. The van der Waals surface area contributed by atoms with Crippen LogP contribution in [0.1, 0.15) is 39.3 Å². The van der Waals surface area contributed by atoms with Crippen LogP contribution in [0.4, 0.5) is 0 Å². The minimum absolute atomic E-state index is 0.0288. The Labute approximate surface area is 164 Å². The summed E-state index contributed by atoms with van der Waals surface area (Å²) >= 11 is 0. The Bertz CT molecular complexity index is 967. The maximum atomic E-state index is 12.7. The third kappa shape index (κ3) is 3.79. The Balaban J connectivity index is 1.30. The highest BCUT2D eigenvalue weighted by atomic mass is 16.3. The highest BCUT2D eigenvalue weighted by molar-refractivity contribution is 5.96. The molecule has 28 heavy (non-hydrogen) atoms. The van der Waals surface area contributed by atoms with Crippen molar-refractivity contribution in [2.45, 2.75) is 19.8 Å². The van der Waals surface area contributed by atoms with Crippen molar-refractivity contribution in [1.82, 2.24) is 10.2 Å². The number of nitrogens with zero attached hydrogens (tertiary/aromatic N) is 1. The third-order valence-corrected chi connectivity index (χ3v) is 5.48. The van der Waals surface area contributed by atoms with E-state index in [1.54, 1.807) is 0 Å². The first-order valence-corrected chi connectivity index (χ1v) is 9.73. The standard InChI is InChI=1S/C23H24N2O3/c1-16-6-2-4-8-19(16)22(26)24-15-17-10-12-25(13-11-17)23(27)21-14-18-7-3-5-9-20(18)28-21/h2-9,14,17H,10-13,15H2,1H3,(H,24,26). The number of likely N-dealkylation sites (tertiary alicyclic amines) is 1. The SMILES string of the molecule is Cc1ccccc1C(=O)NCC1CCN(C(=O)c2cc3ccccc3o2)CC1. The summed E-state index contributed by atoms with van der Waals surface area (Å²) in [6.07, 6.45) is 1.75. The molecule has 0 saturated carbocycles. The molecule has 2 heterocycles. The summed E-state index contributed by atoms with van der Waals surface area (Å²) in [6.45, 7) is 3.94. The van der Waals surface area contributed by atoms with Crippen LogP contribution in [0, 0.1) is 12.8 Å². The van der Waals surface area contributed by atoms with Crippen molar-refractivity contribution in [3.8, 4) is 0 Å². The predicted molar refractivity (Wildman–Crippen MR) is 108 cm³/mol. The number of hydrogen-bond acceptors (Lipinski definition) is 3. The lowest BCUT2D eigenvalue weighted by Gasteiger charge is -2.31. The van der Waals surface area contributed by atoms with E-state index in [2.05, 4.69) is 5.32 Å². The van der Waals surface area contributed by atoms with Gasteiger partial charge in [-0.2, -0.15) is 0 Å². The molecule has 5 nitrogen and oxygen atoms in total. The van der Waals surface area contributed by atoms with Crippen molar-refractivity contribution in [1.29, 1.82) is 0 Å². The van der Waals surface area contributed by atoms with Crippen LogP contribution < -0.4 is 5.32 Å². The fraction of sp³-hybridized carbons (Fsp3) is 0.304. The number of carbonyl (C=O) groups is 2. The molecule has 0 bridgehead atoms. The van der Waals surface area contributed by atoms with Crippen molar-refractivity contribution < 1.29 is 14.0 Å². The van der Waals surface area contributed by atoms with Crippen LogP contribution >= 0.6 is 0 Å². The van der Waals surface area contributed by atoms with E-state index < -0.39 is 0 Å². The maximum Gasteiger partial charge on any atom is 0.289 e. The molecule has 144 valence electrons. The van der Waals surface area contributed by atoms with Crippen LogP contribution in [0.15, 0.2) is 59.0 Å². The number of furan rings is 1. The number of nitrogens with one attached hydrogen (secondary N) is 1. The molecule has 1 aromatic heterocycles. The molecule has 2 amide bonds. The van der Waals surface area contributed by atoms with Crippen molar-refractivity contribution in [3.05, 3.63) is 71.5 Å². The Hall–Kier alpha value is -3.08. The number of piperidine rings is 1. The van der Waals surface area contributed by atoms with Crippen LogP contribution in [0.25, 0.3) is 11.0 Å². The first-order chi connectivity index (χ1) is 13.6. The van der Waals surface area contributed by atoms with Gasteiger partial charge in [-0.3, -0.25) is 9.59 Å². The van der Waals surface area contributed by atoms with E-state index in [1.807, 2.05) is 66.4 Å². The van der Waals surface area contributed by atoms with Crippen molar-refractivity contribution in [2.24, 2.45) is 5.92 Å². The van der Waals surface area contributed by atoms with Gasteiger partial charge in [-0.05, 0) is 49.4 Å². The second-order valence-electron chi connectivity index (χ2n) is 7.41. The maximum absolute atomic E-state index is 12.7. The van der Waals surface area contributed by atoms with Crippen LogP contribution in [-0.4, -0.2) is 36.3 Å². The van der Waals surface area contributed by atoms with Gasteiger partial charge in [-0.15, -0.1) is 0 Å². The zero-order valence-corrected chi connectivity index (χ0v) is 16.0. The minimum atomic E-state index is -0.0569.